The number of piperidine rings is 1. The summed E-state index contributed by atoms with van der Waals surface area (Å²) in [5.74, 6) is 1.12. The van der Waals surface area contributed by atoms with Crippen LogP contribution in [0.25, 0.3) is 0 Å². The van der Waals surface area contributed by atoms with E-state index in [-0.39, 0.29) is 17.9 Å². The van der Waals surface area contributed by atoms with Crippen LogP contribution in [0.2, 0.25) is 0 Å². The topological polar surface area (TPSA) is 59.6 Å². The molecule has 5 heteroatoms. The molecule has 0 aliphatic carbocycles. The highest BCUT2D eigenvalue weighted by atomic mass is 16.5. The predicted octanol–water partition coefficient (Wildman–Crippen LogP) is 2.88. The molecule has 2 fully saturated rings. The van der Waals surface area contributed by atoms with Gasteiger partial charge in [-0.3, -0.25) is 4.79 Å². The SMILES string of the molecule is Cc1cc(NC(=O)[C@H]2CCN[C@@H](C)C2)ccc1OC1CCOCC1. The number of rotatable bonds is 4. The molecule has 2 heterocycles. The molecule has 0 aromatic heterocycles. The lowest BCUT2D eigenvalue weighted by atomic mass is 9.92. The van der Waals surface area contributed by atoms with Crippen molar-refractivity contribution in [3.05, 3.63) is 23.8 Å². The minimum atomic E-state index is 0.0970. The standard InChI is InChI=1S/C19H28N2O3/c1-13-11-16(21-19(22)15-5-8-20-14(2)12-15)3-4-18(13)24-17-6-9-23-10-7-17/h3-4,11,14-15,17,20H,5-10,12H2,1-2H3,(H,21,22)/t14-,15-/m0/s1. The highest BCUT2D eigenvalue weighted by molar-refractivity contribution is 5.92. The van der Waals surface area contributed by atoms with Crippen molar-refractivity contribution in [1.29, 1.82) is 0 Å². The van der Waals surface area contributed by atoms with Crippen LogP contribution in [0.15, 0.2) is 18.2 Å². The molecule has 0 bridgehead atoms. The van der Waals surface area contributed by atoms with Gasteiger partial charge < -0.3 is 20.1 Å². The lowest BCUT2D eigenvalue weighted by Gasteiger charge is -2.27. The summed E-state index contributed by atoms with van der Waals surface area (Å²) in [5.41, 5.74) is 1.90. The number of aryl methyl sites for hydroxylation is 1. The Morgan fingerprint density at radius 2 is 2.08 bits per heavy atom. The van der Waals surface area contributed by atoms with Crippen LogP contribution in [-0.2, 0) is 9.53 Å². The van der Waals surface area contributed by atoms with Gasteiger partial charge in [0, 0.05) is 30.5 Å². The van der Waals surface area contributed by atoms with Gasteiger partial charge >= 0.3 is 0 Å². The van der Waals surface area contributed by atoms with E-state index in [9.17, 15) is 4.79 Å². The first kappa shape index (κ1) is 17.2. The maximum Gasteiger partial charge on any atom is 0.227 e. The Labute approximate surface area is 144 Å². The molecule has 5 nitrogen and oxygen atoms in total. The van der Waals surface area contributed by atoms with Gasteiger partial charge in [0.1, 0.15) is 11.9 Å². The Morgan fingerprint density at radius 1 is 1.29 bits per heavy atom. The Kier molecular flexibility index (Phi) is 5.74. The first-order valence-corrected chi connectivity index (χ1v) is 9.01. The quantitative estimate of drug-likeness (QED) is 0.890. The van der Waals surface area contributed by atoms with Gasteiger partial charge in [-0.2, -0.15) is 0 Å². The minimum Gasteiger partial charge on any atom is -0.490 e. The molecule has 2 aliphatic rings. The van der Waals surface area contributed by atoms with E-state index in [0.717, 1.165) is 62.4 Å². The molecule has 3 rings (SSSR count). The molecule has 1 aromatic rings. The third kappa shape index (κ3) is 4.48. The van der Waals surface area contributed by atoms with Gasteiger partial charge in [0.2, 0.25) is 5.91 Å². The van der Waals surface area contributed by atoms with Crippen LogP contribution in [-0.4, -0.2) is 37.8 Å². The molecule has 0 spiro atoms. The fraction of sp³-hybridized carbons (Fsp3) is 0.632. The molecule has 0 radical (unpaired) electrons. The summed E-state index contributed by atoms with van der Waals surface area (Å²) in [4.78, 5) is 12.4. The third-order valence-electron chi connectivity index (χ3n) is 4.90. The van der Waals surface area contributed by atoms with Gasteiger partial charge in [-0.15, -0.1) is 0 Å². The summed E-state index contributed by atoms with van der Waals surface area (Å²) in [6.07, 6.45) is 3.90. The van der Waals surface area contributed by atoms with Gasteiger partial charge in [0.25, 0.3) is 0 Å². The third-order valence-corrected chi connectivity index (χ3v) is 4.90. The van der Waals surface area contributed by atoms with Crippen molar-refractivity contribution in [3.63, 3.8) is 0 Å². The van der Waals surface area contributed by atoms with E-state index in [4.69, 9.17) is 9.47 Å². The van der Waals surface area contributed by atoms with Crippen molar-refractivity contribution < 1.29 is 14.3 Å². The van der Waals surface area contributed by atoms with Crippen LogP contribution in [0.5, 0.6) is 5.75 Å². The van der Waals surface area contributed by atoms with Crippen LogP contribution >= 0.6 is 0 Å². The molecule has 2 atom stereocenters. The number of ether oxygens (including phenoxy) is 2. The van der Waals surface area contributed by atoms with Crippen molar-refractivity contribution in [1.82, 2.24) is 5.32 Å². The largest absolute Gasteiger partial charge is 0.490 e. The van der Waals surface area contributed by atoms with Crippen LogP contribution in [0, 0.1) is 12.8 Å². The molecular weight excluding hydrogens is 304 g/mol. The van der Waals surface area contributed by atoms with Gasteiger partial charge in [-0.1, -0.05) is 0 Å². The number of nitrogens with one attached hydrogen (secondary N) is 2. The second-order valence-electron chi connectivity index (χ2n) is 6.98. The number of anilines is 1. The first-order chi connectivity index (χ1) is 11.6. The van der Waals surface area contributed by atoms with Crippen molar-refractivity contribution >= 4 is 11.6 Å². The van der Waals surface area contributed by atoms with Crippen LogP contribution in [0.4, 0.5) is 5.69 Å². The summed E-state index contributed by atoms with van der Waals surface area (Å²) in [5, 5.41) is 6.44. The average molecular weight is 332 g/mol. The fourth-order valence-corrected chi connectivity index (χ4v) is 3.45. The number of carbonyl (C=O) groups excluding carboxylic acids is 1. The van der Waals surface area contributed by atoms with Crippen LogP contribution in [0.1, 0.15) is 38.2 Å². The minimum absolute atomic E-state index is 0.0970. The van der Waals surface area contributed by atoms with Gasteiger partial charge in [-0.05, 0) is 57.0 Å². The van der Waals surface area contributed by atoms with Gasteiger partial charge in [-0.25, -0.2) is 0 Å². The summed E-state index contributed by atoms with van der Waals surface area (Å²) in [7, 11) is 0. The molecule has 0 saturated carbocycles. The van der Waals surface area contributed by atoms with E-state index < -0.39 is 0 Å². The maximum atomic E-state index is 12.4. The molecule has 132 valence electrons. The Balaban J connectivity index is 1.58. The van der Waals surface area contributed by atoms with Gasteiger partial charge in [0.05, 0.1) is 13.2 Å². The zero-order chi connectivity index (χ0) is 16.9. The second kappa shape index (κ2) is 7.99. The van der Waals surface area contributed by atoms with E-state index in [1.807, 2.05) is 25.1 Å². The molecule has 1 aromatic carbocycles. The zero-order valence-corrected chi connectivity index (χ0v) is 14.6. The molecule has 2 aliphatic heterocycles. The maximum absolute atomic E-state index is 12.4. The lowest BCUT2D eigenvalue weighted by molar-refractivity contribution is -0.120. The highest BCUT2D eigenvalue weighted by Gasteiger charge is 2.24. The predicted molar refractivity (Wildman–Crippen MR) is 94.5 cm³/mol. The van der Waals surface area contributed by atoms with Crippen molar-refractivity contribution in [2.45, 2.75) is 51.7 Å². The fourth-order valence-electron chi connectivity index (χ4n) is 3.45. The normalized spacial score (nSPS) is 25.2. The van der Waals surface area contributed by atoms with Crippen molar-refractivity contribution in [3.8, 4) is 5.75 Å². The van der Waals surface area contributed by atoms with E-state index in [2.05, 4.69) is 17.6 Å². The number of hydrogen-bond acceptors (Lipinski definition) is 4. The number of amides is 1. The van der Waals surface area contributed by atoms with E-state index in [1.165, 1.54) is 0 Å². The summed E-state index contributed by atoms with van der Waals surface area (Å²) < 4.78 is 11.4. The van der Waals surface area contributed by atoms with Crippen molar-refractivity contribution in [2.75, 3.05) is 25.1 Å². The van der Waals surface area contributed by atoms with Crippen molar-refractivity contribution in [2.24, 2.45) is 5.92 Å². The zero-order valence-electron chi connectivity index (χ0n) is 14.6. The summed E-state index contributed by atoms with van der Waals surface area (Å²) in [6.45, 7) is 6.61. The highest BCUT2D eigenvalue weighted by Crippen LogP contribution is 2.26. The molecule has 24 heavy (non-hydrogen) atoms. The molecular formula is C19H28N2O3. The molecule has 0 unspecified atom stereocenters. The summed E-state index contributed by atoms with van der Waals surface area (Å²) >= 11 is 0. The van der Waals surface area contributed by atoms with E-state index in [0.29, 0.717) is 6.04 Å². The lowest BCUT2D eigenvalue weighted by Crippen LogP contribution is -2.40. The Morgan fingerprint density at radius 3 is 2.79 bits per heavy atom. The van der Waals surface area contributed by atoms with Gasteiger partial charge in [0.15, 0.2) is 0 Å². The Bertz CT molecular complexity index is 570. The van der Waals surface area contributed by atoms with E-state index in [1.54, 1.807) is 0 Å². The molecule has 2 saturated heterocycles. The Hall–Kier alpha value is -1.59. The number of benzene rings is 1. The van der Waals surface area contributed by atoms with Crippen LogP contribution in [0.3, 0.4) is 0 Å². The summed E-state index contributed by atoms with van der Waals surface area (Å²) in [6, 6.07) is 6.30. The molecule has 2 N–H and O–H groups in total. The monoisotopic (exact) mass is 332 g/mol. The second-order valence-corrected chi connectivity index (χ2v) is 6.98. The van der Waals surface area contributed by atoms with E-state index >= 15 is 0 Å². The first-order valence-electron chi connectivity index (χ1n) is 9.01. The van der Waals surface area contributed by atoms with Crippen LogP contribution < -0.4 is 15.4 Å². The average Bonchev–Trinajstić information content (AvgIpc) is 2.58. The smallest absolute Gasteiger partial charge is 0.227 e. The number of hydrogen-bond donors (Lipinski definition) is 2. The molecule has 1 amide bonds. The number of carbonyl (C=O) groups is 1.